The van der Waals surface area contributed by atoms with Crippen molar-refractivity contribution in [3.63, 3.8) is 0 Å². The molecule has 0 saturated heterocycles. The summed E-state index contributed by atoms with van der Waals surface area (Å²) in [6.45, 7) is 3.84. The maximum absolute atomic E-state index is 11.0. The van der Waals surface area contributed by atoms with Crippen molar-refractivity contribution in [3.8, 4) is 11.3 Å². The summed E-state index contributed by atoms with van der Waals surface area (Å²) in [6, 6.07) is 5.76. The van der Waals surface area contributed by atoms with Crippen LogP contribution in [0.5, 0.6) is 0 Å². The second-order valence-electron chi connectivity index (χ2n) is 3.65. The minimum atomic E-state index is -1.03. The van der Waals surface area contributed by atoms with Crippen molar-refractivity contribution in [1.82, 2.24) is 5.16 Å². The number of aromatic carboxylic acids is 1. The quantitative estimate of drug-likeness (QED) is 0.839. The fourth-order valence-electron chi connectivity index (χ4n) is 1.76. The summed E-state index contributed by atoms with van der Waals surface area (Å²) >= 11 is 0. The molecule has 0 amide bonds. The van der Waals surface area contributed by atoms with E-state index in [2.05, 4.69) is 5.16 Å². The van der Waals surface area contributed by atoms with Crippen molar-refractivity contribution in [3.05, 3.63) is 41.2 Å². The molecule has 4 nitrogen and oxygen atoms in total. The third-order valence-corrected chi connectivity index (χ3v) is 2.52. The summed E-state index contributed by atoms with van der Waals surface area (Å²) in [6.07, 6.45) is 1.16. The van der Waals surface area contributed by atoms with Gasteiger partial charge in [-0.2, -0.15) is 0 Å². The van der Waals surface area contributed by atoms with Gasteiger partial charge in [0.05, 0.1) is 0 Å². The highest BCUT2D eigenvalue weighted by Crippen LogP contribution is 2.28. The molecule has 1 aromatic carbocycles. The Kier molecular flexibility index (Phi) is 2.48. The van der Waals surface area contributed by atoms with E-state index in [1.54, 1.807) is 0 Å². The summed E-state index contributed by atoms with van der Waals surface area (Å²) in [5.74, 6) is -1.03. The lowest BCUT2D eigenvalue weighted by molar-refractivity contribution is 0.0697. The van der Waals surface area contributed by atoms with Crippen LogP contribution in [0, 0.1) is 13.8 Å². The second kappa shape index (κ2) is 3.81. The summed E-state index contributed by atoms with van der Waals surface area (Å²) in [5, 5.41) is 12.8. The van der Waals surface area contributed by atoms with E-state index in [0.717, 1.165) is 23.0 Å². The standard InChI is InChI=1S/C12H11NO3/c1-7-4-3-5-8(2)10(7)11-9(12(14)15)6-16-13-11/h3-6H,1-2H3,(H,14,15). The van der Waals surface area contributed by atoms with Gasteiger partial charge in [0.25, 0.3) is 0 Å². The van der Waals surface area contributed by atoms with Crippen LogP contribution in [0.2, 0.25) is 0 Å². The fraction of sp³-hybridized carbons (Fsp3) is 0.167. The monoisotopic (exact) mass is 217 g/mol. The first-order valence-electron chi connectivity index (χ1n) is 4.85. The molecule has 2 aromatic rings. The summed E-state index contributed by atoms with van der Waals surface area (Å²) in [5.41, 5.74) is 3.28. The molecule has 16 heavy (non-hydrogen) atoms. The molecule has 1 N–H and O–H groups in total. The molecule has 82 valence electrons. The predicted octanol–water partition coefficient (Wildman–Crippen LogP) is 2.66. The van der Waals surface area contributed by atoms with Crippen LogP contribution >= 0.6 is 0 Å². The minimum Gasteiger partial charge on any atom is -0.477 e. The van der Waals surface area contributed by atoms with E-state index < -0.39 is 5.97 Å². The molecule has 0 aliphatic carbocycles. The highest BCUT2D eigenvalue weighted by atomic mass is 16.5. The van der Waals surface area contributed by atoms with E-state index in [9.17, 15) is 4.79 Å². The number of aryl methyl sites for hydroxylation is 2. The fourth-order valence-corrected chi connectivity index (χ4v) is 1.76. The Morgan fingerprint density at radius 1 is 1.31 bits per heavy atom. The van der Waals surface area contributed by atoms with Crippen LogP contribution in [0.25, 0.3) is 11.3 Å². The molecule has 0 aliphatic heterocycles. The number of rotatable bonds is 2. The Balaban J connectivity index is 2.68. The average molecular weight is 217 g/mol. The normalized spacial score (nSPS) is 10.4. The van der Waals surface area contributed by atoms with E-state index in [1.165, 1.54) is 0 Å². The van der Waals surface area contributed by atoms with Gasteiger partial charge in [0.2, 0.25) is 0 Å². The van der Waals surface area contributed by atoms with Crippen molar-refractivity contribution in [1.29, 1.82) is 0 Å². The number of carboxylic acid groups (broad SMARTS) is 1. The topological polar surface area (TPSA) is 63.3 Å². The third-order valence-electron chi connectivity index (χ3n) is 2.52. The van der Waals surface area contributed by atoms with Crippen molar-refractivity contribution < 1.29 is 14.4 Å². The summed E-state index contributed by atoms with van der Waals surface area (Å²) < 4.78 is 4.74. The van der Waals surface area contributed by atoms with Crippen LogP contribution in [0.1, 0.15) is 21.5 Å². The number of carboxylic acids is 1. The lowest BCUT2D eigenvalue weighted by Crippen LogP contribution is -1.99. The lowest BCUT2D eigenvalue weighted by atomic mass is 9.98. The van der Waals surface area contributed by atoms with Crippen LogP contribution < -0.4 is 0 Å². The molecule has 1 aromatic heterocycles. The van der Waals surface area contributed by atoms with E-state index in [0.29, 0.717) is 5.69 Å². The van der Waals surface area contributed by atoms with Gasteiger partial charge in [0.15, 0.2) is 0 Å². The van der Waals surface area contributed by atoms with Gasteiger partial charge in [0.1, 0.15) is 17.5 Å². The minimum absolute atomic E-state index is 0.0948. The van der Waals surface area contributed by atoms with Gasteiger partial charge in [-0.25, -0.2) is 4.79 Å². The van der Waals surface area contributed by atoms with Crippen LogP contribution in [0.3, 0.4) is 0 Å². The summed E-state index contributed by atoms with van der Waals surface area (Å²) in [4.78, 5) is 11.0. The maximum Gasteiger partial charge on any atom is 0.341 e. The van der Waals surface area contributed by atoms with Crippen LogP contribution in [0.4, 0.5) is 0 Å². The van der Waals surface area contributed by atoms with Gasteiger partial charge < -0.3 is 9.63 Å². The first kappa shape index (κ1) is 10.4. The first-order chi connectivity index (χ1) is 7.61. The van der Waals surface area contributed by atoms with E-state index in [4.69, 9.17) is 9.63 Å². The number of aromatic nitrogens is 1. The number of benzene rings is 1. The largest absolute Gasteiger partial charge is 0.477 e. The van der Waals surface area contributed by atoms with Gasteiger partial charge in [-0.15, -0.1) is 0 Å². The van der Waals surface area contributed by atoms with E-state index >= 15 is 0 Å². The highest BCUT2D eigenvalue weighted by molar-refractivity contribution is 5.95. The van der Waals surface area contributed by atoms with Crippen LogP contribution in [-0.4, -0.2) is 16.2 Å². The Hall–Kier alpha value is -2.10. The number of carbonyl (C=O) groups is 1. The molecule has 0 spiro atoms. The molecular formula is C12H11NO3. The SMILES string of the molecule is Cc1cccc(C)c1-c1nocc1C(=O)O. The zero-order valence-electron chi connectivity index (χ0n) is 9.02. The average Bonchev–Trinajstić information content (AvgIpc) is 2.66. The van der Waals surface area contributed by atoms with E-state index in [1.807, 2.05) is 32.0 Å². The van der Waals surface area contributed by atoms with Gasteiger partial charge in [-0.1, -0.05) is 23.4 Å². The third kappa shape index (κ3) is 1.58. The molecule has 0 unspecified atom stereocenters. The molecule has 1 heterocycles. The molecule has 0 saturated carbocycles. The molecule has 4 heteroatoms. The van der Waals surface area contributed by atoms with Crippen molar-refractivity contribution in [2.24, 2.45) is 0 Å². The summed E-state index contributed by atoms with van der Waals surface area (Å²) in [7, 11) is 0. The highest BCUT2D eigenvalue weighted by Gasteiger charge is 2.19. The molecular weight excluding hydrogens is 206 g/mol. The maximum atomic E-state index is 11.0. The number of nitrogens with zero attached hydrogens (tertiary/aromatic N) is 1. The lowest BCUT2D eigenvalue weighted by Gasteiger charge is -2.06. The second-order valence-corrected chi connectivity index (χ2v) is 3.65. The van der Waals surface area contributed by atoms with Gasteiger partial charge >= 0.3 is 5.97 Å². The van der Waals surface area contributed by atoms with Gasteiger partial charge in [-0.3, -0.25) is 0 Å². The van der Waals surface area contributed by atoms with Crippen molar-refractivity contribution in [2.75, 3.05) is 0 Å². The molecule has 0 fully saturated rings. The van der Waals surface area contributed by atoms with E-state index in [-0.39, 0.29) is 5.56 Å². The molecule has 2 rings (SSSR count). The zero-order valence-corrected chi connectivity index (χ0v) is 9.02. The van der Waals surface area contributed by atoms with Crippen molar-refractivity contribution in [2.45, 2.75) is 13.8 Å². The Bertz CT molecular complexity index is 523. The molecule has 0 atom stereocenters. The Labute approximate surface area is 92.5 Å². The first-order valence-corrected chi connectivity index (χ1v) is 4.85. The van der Waals surface area contributed by atoms with Crippen molar-refractivity contribution >= 4 is 5.97 Å². The molecule has 0 bridgehead atoms. The smallest absolute Gasteiger partial charge is 0.341 e. The Morgan fingerprint density at radius 2 is 1.94 bits per heavy atom. The predicted molar refractivity (Wildman–Crippen MR) is 58.4 cm³/mol. The molecule has 0 radical (unpaired) electrons. The number of hydrogen-bond donors (Lipinski definition) is 1. The Morgan fingerprint density at radius 3 is 2.50 bits per heavy atom. The number of hydrogen-bond acceptors (Lipinski definition) is 3. The van der Waals surface area contributed by atoms with Crippen LogP contribution in [-0.2, 0) is 0 Å². The van der Waals surface area contributed by atoms with Gasteiger partial charge in [-0.05, 0) is 25.0 Å². The van der Waals surface area contributed by atoms with Gasteiger partial charge in [0, 0.05) is 5.56 Å². The van der Waals surface area contributed by atoms with Crippen LogP contribution in [0.15, 0.2) is 29.0 Å². The zero-order chi connectivity index (χ0) is 11.7. The molecule has 0 aliphatic rings.